The van der Waals surface area contributed by atoms with Crippen LogP contribution in [0.15, 0.2) is 146 Å². The van der Waals surface area contributed by atoms with E-state index in [1.165, 1.54) is 89.6 Å². The van der Waals surface area contributed by atoms with Crippen molar-refractivity contribution < 1.29 is 24.2 Å². The first-order valence-electron chi connectivity index (χ1n) is 18.0. The maximum Gasteiger partial charge on any atom is -0.172 e. The molecular formula is C51H54Zr-4. The maximum absolute atomic E-state index is 3.95. The minimum absolute atomic E-state index is 0.180. The molecule has 0 unspecified atom stereocenters. The molecule has 0 aliphatic carbocycles. The Kier molecular flexibility index (Phi) is 13.8. The molecule has 0 bridgehead atoms. The summed E-state index contributed by atoms with van der Waals surface area (Å²) in [5.41, 5.74) is 8.26. The molecule has 8 aromatic carbocycles. The van der Waals surface area contributed by atoms with E-state index in [9.17, 15) is 0 Å². The molecule has 52 heavy (non-hydrogen) atoms. The zero-order valence-electron chi connectivity index (χ0n) is 32.5. The van der Waals surface area contributed by atoms with Gasteiger partial charge in [-0.3, -0.25) is 0 Å². The number of benzene rings is 6. The summed E-state index contributed by atoms with van der Waals surface area (Å²) in [5.74, 6) is 0. The minimum Gasteiger partial charge on any atom is -0.214 e. The van der Waals surface area contributed by atoms with Crippen molar-refractivity contribution in [3.05, 3.63) is 193 Å². The van der Waals surface area contributed by atoms with Gasteiger partial charge < -0.3 is 0 Å². The fourth-order valence-electron chi connectivity index (χ4n) is 6.86. The monoisotopic (exact) mass is 756 g/mol. The average molecular weight is 758 g/mol. The predicted molar refractivity (Wildman–Crippen MR) is 230 cm³/mol. The Morgan fingerprint density at radius 3 is 1.17 bits per heavy atom. The summed E-state index contributed by atoms with van der Waals surface area (Å²) in [6.07, 6.45) is 0. The largest absolute Gasteiger partial charge is 0.214 e. The Hall–Kier alpha value is -4.45. The molecule has 0 nitrogen and oxygen atoms in total. The van der Waals surface area contributed by atoms with Crippen molar-refractivity contribution in [2.75, 3.05) is 0 Å². The standard InChI is InChI=1S/C23H29.2C11H9.C5H5.CH2.Zr/c1-14-9-16-11-17-10-15(2)21(23(6,7)8)13-19(17)18(16)12-20(14)22(3,4)5;2*1-9-5-4-7-10-6-2-3-8-11(9)10;1-2-4-5-3-1;;/h9-13H,1-8H3;2*2-8H,1H2;1-5H;1H2;/q4*-1;;. The SMILES string of the molecule is Cc1cc2[cH-]c3cc(C)c(C(C)(C)C)cc3c2cc1C(C)(C)C.[CH2-]c1cccc2ccccc12.[CH2-]c1cccc2ccccc12.[CH2]=[Zr].c1cc[cH-]c1. The van der Waals surface area contributed by atoms with Crippen LogP contribution in [0.4, 0.5) is 0 Å². The van der Waals surface area contributed by atoms with Crippen molar-refractivity contribution in [2.45, 2.75) is 66.2 Å². The summed E-state index contributed by atoms with van der Waals surface area (Å²) in [4.78, 5) is 0. The van der Waals surface area contributed by atoms with Gasteiger partial charge in [0.25, 0.3) is 0 Å². The van der Waals surface area contributed by atoms with Gasteiger partial charge in [-0.15, -0.1) is 74.8 Å². The Bertz CT molecular complexity index is 2150. The van der Waals surface area contributed by atoms with E-state index in [1.54, 1.807) is 0 Å². The smallest absolute Gasteiger partial charge is 0.172 e. The zero-order valence-corrected chi connectivity index (χ0v) is 34.9. The zero-order chi connectivity index (χ0) is 38.1. The Labute approximate surface area is 328 Å². The van der Waals surface area contributed by atoms with Gasteiger partial charge in [0.05, 0.1) is 0 Å². The van der Waals surface area contributed by atoms with E-state index in [1.807, 2.05) is 78.9 Å². The predicted octanol–water partition coefficient (Wildman–Crippen LogP) is 14.3. The van der Waals surface area contributed by atoms with E-state index < -0.39 is 0 Å². The van der Waals surface area contributed by atoms with Crippen molar-refractivity contribution >= 4 is 47.3 Å². The maximum atomic E-state index is 3.95. The normalized spacial score (nSPS) is 11.0. The van der Waals surface area contributed by atoms with Crippen LogP contribution in [0, 0.1) is 27.7 Å². The Balaban J connectivity index is 0.000000173. The summed E-state index contributed by atoms with van der Waals surface area (Å²) >= 11 is 1.30. The molecule has 8 aromatic rings. The summed E-state index contributed by atoms with van der Waals surface area (Å²) in [6, 6.07) is 50.8. The first-order valence-corrected chi connectivity index (χ1v) is 19.7. The third kappa shape index (κ3) is 10.1. The van der Waals surface area contributed by atoms with Crippen LogP contribution in [-0.4, -0.2) is 4.21 Å². The number of hydrogen-bond acceptors (Lipinski definition) is 0. The van der Waals surface area contributed by atoms with Crippen molar-refractivity contribution in [3.8, 4) is 0 Å². The molecule has 0 saturated heterocycles. The fraction of sp³-hybridized carbons (Fsp3) is 0.196. The second-order valence-corrected chi connectivity index (χ2v) is 15.4. The van der Waals surface area contributed by atoms with Gasteiger partial charge in [-0.25, -0.2) is 12.1 Å². The van der Waals surface area contributed by atoms with Gasteiger partial charge in [0.1, 0.15) is 0 Å². The number of hydrogen-bond donors (Lipinski definition) is 0. The van der Waals surface area contributed by atoms with Crippen LogP contribution in [0.25, 0.3) is 43.1 Å². The molecule has 0 aromatic heterocycles. The molecule has 1 heteroatoms. The molecular weight excluding hydrogens is 704 g/mol. The van der Waals surface area contributed by atoms with Gasteiger partial charge in [0.15, 0.2) is 0 Å². The van der Waals surface area contributed by atoms with Crippen LogP contribution in [0.5, 0.6) is 0 Å². The van der Waals surface area contributed by atoms with Gasteiger partial charge in [-0.2, -0.15) is 55.3 Å². The summed E-state index contributed by atoms with van der Waals surface area (Å²) in [5, 5.41) is 10.6. The van der Waals surface area contributed by atoms with Gasteiger partial charge in [-0.05, 0) is 24.7 Å². The average Bonchev–Trinajstić information content (AvgIpc) is 3.81. The van der Waals surface area contributed by atoms with E-state index in [0.29, 0.717) is 0 Å². The number of fused-ring (bicyclic) bond motifs is 5. The topological polar surface area (TPSA) is 0 Å². The van der Waals surface area contributed by atoms with Gasteiger partial charge in [0, 0.05) is 0 Å². The number of aryl methyl sites for hydroxylation is 2. The van der Waals surface area contributed by atoms with Gasteiger partial charge in [-0.1, -0.05) is 135 Å². The van der Waals surface area contributed by atoms with Crippen LogP contribution in [0.3, 0.4) is 0 Å². The van der Waals surface area contributed by atoms with E-state index in [-0.39, 0.29) is 10.8 Å². The molecule has 0 spiro atoms. The third-order valence-corrected chi connectivity index (χ3v) is 9.33. The molecule has 0 aliphatic rings. The van der Waals surface area contributed by atoms with E-state index in [2.05, 4.69) is 140 Å². The summed E-state index contributed by atoms with van der Waals surface area (Å²) in [6.45, 7) is 26.2. The van der Waals surface area contributed by atoms with Gasteiger partial charge >= 0.3 is 28.4 Å². The first-order chi connectivity index (χ1) is 24.7. The molecule has 266 valence electrons. The van der Waals surface area contributed by atoms with E-state index in [0.717, 1.165) is 11.1 Å². The van der Waals surface area contributed by atoms with Crippen LogP contribution >= 0.6 is 0 Å². The van der Waals surface area contributed by atoms with E-state index >= 15 is 0 Å². The second-order valence-electron chi connectivity index (χ2n) is 15.4. The first kappa shape index (κ1) is 40.3. The van der Waals surface area contributed by atoms with Crippen molar-refractivity contribution in [1.29, 1.82) is 0 Å². The molecule has 0 radical (unpaired) electrons. The molecule has 0 amide bonds. The van der Waals surface area contributed by atoms with Crippen LogP contribution < -0.4 is 0 Å². The summed E-state index contributed by atoms with van der Waals surface area (Å²) < 4.78 is 3.34. The Morgan fingerprint density at radius 1 is 0.481 bits per heavy atom. The number of rotatable bonds is 0. The van der Waals surface area contributed by atoms with E-state index in [4.69, 9.17) is 0 Å². The van der Waals surface area contributed by atoms with Gasteiger partial charge in [0.2, 0.25) is 0 Å². The van der Waals surface area contributed by atoms with Crippen molar-refractivity contribution in [3.63, 3.8) is 0 Å². The summed E-state index contributed by atoms with van der Waals surface area (Å²) in [7, 11) is 0. The minimum atomic E-state index is 0.180. The van der Waals surface area contributed by atoms with Crippen LogP contribution in [0.1, 0.15) is 74.9 Å². The molecule has 0 fully saturated rings. The molecule has 0 atom stereocenters. The third-order valence-electron chi connectivity index (χ3n) is 9.33. The molecule has 0 aliphatic heterocycles. The molecule has 0 heterocycles. The molecule has 0 N–H and O–H groups in total. The molecule has 8 rings (SSSR count). The van der Waals surface area contributed by atoms with Crippen molar-refractivity contribution in [2.24, 2.45) is 0 Å². The van der Waals surface area contributed by atoms with Crippen LogP contribution in [-0.2, 0) is 35.1 Å². The quantitative estimate of drug-likeness (QED) is 0.135. The molecule has 0 saturated carbocycles. The fourth-order valence-corrected chi connectivity index (χ4v) is 6.86. The van der Waals surface area contributed by atoms with Crippen molar-refractivity contribution in [1.82, 2.24) is 0 Å². The van der Waals surface area contributed by atoms with Crippen LogP contribution in [0.2, 0.25) is 0 Å². The Morgan fingerprint density at radius 2 is 0.846 bits per heavy atom. The second kappa shape index (κ2) is 17.9.